The summed E-state index contributed by atoms with van der Waals surface area (Å²) in [6.45, 7) is 0. The lowest BCUT2D eigenvalue weighted by Crippen LogP contribution is -2.25. The van der Waals surface area contributed by atoms with Gasteiger partial charge in [-0.25, -0.2) is 0 Å². The van der Waals surface area contributed by atoms with E-state index in [4.69, 9.17) is 0 Å². The van der Waals surface area contributed by atoms with Crippen LogP contribution in [0.15, 0.2) is 169 Å². The van der Waals surface area contributed by atoms with Crippen molar-refractivity contribution in [3.63, 3.8) is 0 Å². The van der Waals surface area contributed by atoms with Crippen molar-refractivity contribution in [2.24, 2.45) is 0 Å². The molecule has 190 valence electrons. The van der Waals surface area contributed by atoms with Crippen LogP contribution in [0.4, 0.5) is 0 Å². The molecule has 1 N–H and O–H groups in total. The summed E-state index contributed by atoms with van der Waals surface area (Å²) in [6.07, 6.45) is 4.55. The van der Waals surface area contributed by atoms with E-state index in [9.17, 15) is 5.11 Å². The standard InChI is InChI=1S/C36H30OP2/c37-36(33-25-15-27-35(33)39(30-20-9-3-10-21-30)31-22-11-4-12-23-31)32-24-13-14-26-34(32)38(28-16-5-1-6-17-28)29-18-7-2-8-19-29/h1-24,26-27,36-37H,25H2/t36-/m0/s1. The monoisotopic (exact) mass is 540 g/mol. The minimum Gasteiger partial charge on any atom is -0.384 e. The van der Waals surface area contributed by atoms with Crippen molar-refractivity contribution < 1.29 is 5.11 Å². The van der Waals surface area contributed by atoms with Crippen LogP contribution >= 0.6 is 15.8 Å². The maximum Gasteiger partial charge on any atom is 0.102 e. The Bertz CT molecular complexity index is 1500. The number of aliphatic hydroxyl groups is 1. The summed E-state index contributed by atoms with van der Waals surface area (Å²) in [4.78, 5) is 0. The van der Waals surface area contributed by atoms with Gasteiger partial charge in [-0.3, -0.25) is 0 Å². The van der Waals surface area contributed by atoms with E-state index >= 15 is 0 Å². The van der Waals surface area contributed by atoms with Crippen molar-refractivity contribution in [1.29, 1.82) is 0 Å². The highest BCUT2D eigenvalue weighted by Crippen LogP contribution is 2.51. The van der Waals surface area contributed by atoms with Gasteiger partial charge in [-0.05, 0) is 65.2 Å². The van der Waals surface area contributed by atoms with E-state index in [0.29, 0.717) is 0 Å². The van der Waals surface area contributed by atoms with Gasteiger partial charge in [0.05, 0.1) is 0 Å². The summed E-state index contributed by atoms with van der Waals surface area (Å²) >= 11 is 0. The minimum absolute atomic E-state index is 0.680. The predicted molar refractivity (Wildman–Crippen MR) is 170 cm³/mol. The van der Waals surface area contributed by atoms with Gasteiger partial charge in [0.15, 0.2) is 0 Å². The molecule has 5 aromatic rings. The van der Waals surface area contributed by atoms with Crippen LogP contribution in [-0.4, -0.2) is 5.11 Å². The van der Waals surface area contributed by atoms with E-state index in [-0.39, 0.29) is 0 Å². The summed E-state index contributed by atoms with van der Waals surface area (Å²) in [6, 6.07) is 51.5. The summed E-state index contributed by atoms with van der Waals surface area (Å²) in [7, 11) is -1.62. The number of aliphatic hydroxyl groups excluding tert-OH is 1. The predicted octanol–water partition coefficient (Wildman–Crippen LogP) is 6.83. The third-order valence-corrected chi connectivity index (χ3v) is 12.1. The molecule has 0 aliphatic heterocycles. The first-order valence-electron chi connectivity index (χ1n) is 13.3. The summed E-state index contributed by atoms with van der Waals surface area (Å²) in [5.41, 5.74) is 2.11. The van der Waals surface area contributed by atoms with Gasteiger partial charge >= 0.3 is 0 Å². The fraction of sp³-hybridized carbons (Fsp3) is 0.0556. The molecule has 0 radical (unpaired) electrons. The van der Waals surface area contributed by atoms with Crippen LogP contribution in [0.3, 0.4) is 0 Å². The van der Waals surface area contributed by atoms with Gasteiger partial charge in [-0.15, -0.1) is 0 Å². The van der Waals surface area contributed by atoms with E-state index in [0.717, 1.165) is 17.6 Å². The molecule has 39 heavy (non-hydrogen) atoms. The van der Waals surface area contributed by atoms with Crippen LogP contribution in [0.25, 0.3) is 0 Å². The summed E-state index contributed by atoms with van der Waals surface area (Å²) < 4.78 is 0. The zero-order chi connectivity index (χ0) is 26.4. The minimum atomic E-state index is -0.829. The summed E-state index contributed by atoms with van der Waals surface area (Å²) in [5.74, 6) is 0. The fourth-order valence-electron chi connectivity index (χ4n) is 5.25. The smallest absolute Gasteiger partial charge is 0.102 e. The quantitative estimate of drug-likeness (QED) is 0.214. The van der Waals surface area contributed by atoms with E-state index in [1.165, 1.54) is 31.8 Å². The molecule has 0 fully saturated rings. The zero-order valence-corrected chi connectivity index (χ0v) is 23.4. The first-order valence-corrected chi connectivity index (χ1v) is 16.0. The molecule has 0 amide bonds. The van der Waals surface area contributed by atoms with Crippen LogP contribution < -0.4 is 26.5 Å². The van der Waals surface area contributed by atoms with Crippen LogP contribution in [0.1, 0.15) is 18.1 Å². The van der Waals surface area contributed by atoms with E-state index < -0.39 is 21.9 Å². The van der Waals surface area contributed by atoms with Crippen LogP contribution in [-0.2, 0) is 0 Å². The Morgan fingerprint density at radius 3 is 1.38 bits per heavy atom. The highest BCUT2D eigenvalue weighted by molar-refractivity contribution is 7.80. The lowest BCUT2D eigenvalue weighted by Gasteiger charge is -2.27. The Morgan fingerprint density at radius 1 is 0.487 bits per heavy atom. The Kier molecular flexibility index (Phi) is 7.94. The van der Waals surface area contributed by atoms with Gasteiger partial charge in [-0.2, -0.15) is 0 Å². The average molecular weight is 541 g/mol. The Balaban J connectivity index is 1.49. The molecular weight excluding hydrogens is 510 g/mol. The zero-order valence-electron chi connectivity index (χ0n) is 21.6. The number of hydrogen-bond donors (Lipinski definition) is 1. The van der Waals surface area contributed by atoms with Gasteiger partial charge in [-0.1, -0.05) is 158 Å². The van der Waals surface area contributed by atoms with Gasteiger partial charge in [0.2, 0.25) is 0 Å². The largest absolute Gasteiger partial charge is 0.384 e. The maximum atomic E-state index is 12.2. The molecule has 3 heteroatoms. The Labute approximate surface area is 233 Å². The molecule has 1 nitrogen and oxygen atoms in total. The number of hydrogen-bond acceptors (Lipinski definition) is 1. The molecule has 0 heterocycles. The van der Waals surface area contributed by atoms with Gasteiger partial charge in [0.25, 0.3) is 0 Å². The molecule has 1 aliphatic rings. The molecule has 0 aromatic heterocycles. The lowest BCUT2D eigenvalue weighted by atomic mass is 10.0. The third kappa shape index (κ3) is 5.45. The molecule has 0 bridgehead atoms. The molecule has 1 aliphatic carbocycles. The molecule has 0 unspecified atom stereocenters. The molecule has 0 spiro atoms. The second-order valence-corrected chi connectivity index (χ2v) is 13.9. The molecule has 6 rings (SSSR count). The second kappa shape index (κ2) is 12.1. The molecule has 5 aromatic carbocycles. The summed E-state index contributed by atoms with van der Waals surface area (Å²) in [5, 5.41) is 19.8. The van der Waals surface area contributed by atoms with Crippen LogP contribution in [0, 0.1) is 0 Å². The molecule has 1 atom stereocenters. The van der Waals surface area contributed by atoms with E-state index in [2.05, 4.69) is 158 Å². The Morgan fingerprint density at radius 2 is 0.897 bits per heavy atom. The first-order chi connectivity index (χ1) is 19.3. The molecular formula is C36H30OP2. The molecule has 0 saturated carbocycles. The van der Waals surface area contributed by atoms with Gasteiger partial charge in [0, 0.05) is 0 Å². The van der Waals surface area contributed by atoms with Crippen molar-refractivity contribution >= 4 is 42.4 Å². The van der Waals surface area contributed by atoms with Crippen molar-refractivity contribution in [2.45, 2.75) is 12.5 Å². The SMILES string of the molecule is O[C@H](C1=C(P(c2ccccc2)c2ccccc2)C=CC1)c1ccccc1P(c1ccccc1)c1ccccc1. The maximum absolute atomic E-state index is 12.2. The fourth-order valence-corrected chi connectivity index (χ4v) is 10.3. The normalized spacial score (nSPS) is 13.8. The third-order valence-electron chi connectivity index (χ3n) is 7.04. The van der Waals surface area contributed by atoms with Crippen molar-refractivity contribution in [3.8, 4) is 0 Å². The van der Waals surface area contributed by atoms with Crippen molar-refractivity contribution in [2.75, 3.05) is 0 Å². The number of rotatable bonds is 8. The topological polar surface area (TPSA) is 20.2 Å². The highest BCUT2D eigenvalue weighted by Gasteiger charge is 2.29. The van der Waals surface area contributed by atoms with Crippen molar-refractivity contribution in [1.82, 2.24) is 0 Å². The average Bonchev–Trinajstić information content (AvgIpc) is 3.49. The number of allylic oxidation sites excluding steroid dienone is 3. The van der Waals surface area contributed by atoms with Crippen LogP contribution in [0.5, 0.6) is 0 Å². The van der Waals surface area contributed by atoms with Gasteiger partial charge < -0.3 is 5.11 Å². The van der Waals surface area contributed by atoms with Gasteiger partial charge in [0.1, 0.15) is 6.10 Å². The van der Waals surface area contributed by atoms with E-state index in [1.54, 1.807) is 0 Å². The Hall–Kier alpha value is -3.60. The second-order valence-electron chi connectivity index (χ2n) is 9.49. The molecule has 0 saturated heterocycles. The lowest BCUT2D eigenvalue weighted by molar-refractivity contribution is 0.214. The van der Waals surface area contributed by atoms with E-state index in [1.807, 2.05) is 0 Å². The van der Waals surface area contributed by atoms with Crippen LogP contribution in [0.2, 0.25) is 0 Å². The first kappa shape index (κ1) is 25.7. The number of benzene rings is 5. The van der Waals surface area contributed by atoms with Crippen molar-refractivity contribution in [3.05, 3.63) is 174 Å². The highest BCUT2D eigenvalue weighted by atomic mass is 31.1.